The van der Waals surface area contributed by atoms with Gasteiger partial charge >= 0.3 is 0 Å². The maximum Gasteiger partial charge on any atom is 0.218 e. The van der Waals surface area contributed by atoms with E-state index in [0.29, 0.717) is 24.9 Å². The van der Waals surface area contributed by atoms with E-state index >= 15 is 0 Å². The summed E-state index contributed by atoms with van der Waals surface area (Å²) >= 11 is 0. The summed E-state index contributed by atoms with van der Waals surface area (Å²) in [6.07, 6.45) is 2.87. The quantitative estimate of drug-likeness (QED) is 0.385. The van der Waals surface area contributed by atoms with Gasteiger partial charge in [0.25, 0.3) is 0 Å². The van der Waals surface area contributed by atoms with Gasteiger partial charge in [0.05, 0.1) is 13.2 Å². The predicted octanol–water partition coefficient (Wildman–Crippen LogP) is 3.20. The molecule has 0 fully saturated rings. The molecule has 0 atom stereocenters. The number of hydrogen-bond donors (Lipinski definition) is 2. The molecule has 5 nitrogen and oxygen atoms in total. The molecule has 126 valence electrons. The highest BCUT2D eigenvalue weighted by Gasteiger charge is 2.04. The van der Waals surface area contributed by atoms with Crippen LogP contribution in [0, 0.1) is 5.92 Å². The van der Waals surface area contributed by atoms with Crippen molar-refractivity contribution in [3.05, 3.63) is 23.9 Å². The largest absolute Gasteiger partial charge is 0.478 e. The van der Waals surface area contributed by atoms with Crippen molar-refractivity contribution in [3.63, 3.8) is 0 Å². The number of nitrogens with zero attached hydrogens (tertiary/aromatic N) is 2. The second kappa shape index (κ2) is 12.5. The molecule has 0 spiro atoms. The zero-order valence-corrected chi connectivity index (χ0v) is 16.4. The summed E-state index contributed by atoms with van der Waals surface area (Å²) in [5.74, 6) is 2.19. The smallest absolute Gasteiger partial charge is 0.218 e. The molecule has 0 radical (unpaired) electrons. The van der Waals surface area contributed by atoms with E-state index in [1.165, 1.54) is 0 Å². The number of guanidine groups is 1. The van der Waals surface area contributed by atoms with Gasteiger partial charge in [-0.1, -0.05) is 19.9 Å². The van der Waals surface area contributed by atoms with Gasteiger partial charge in [-0.15, -0.1) is 24.0 Å². The van der Waals surface area contributed by atoms with Crippen LogP contribution in [0.3, 0.4) is 0 Å². The van der Waals surface area contributed by atoms with Crippen LogP contribution in [0.5, 0.6) is 5.88 Å². The zero-order valence-electron chi connectivity index (χ0n) is 14.1. The molecular formula is C16H29IN4O. The zero-order chi connectivity index (χ0) is 15.5. The molecular weight excluding hydrogens is 391 g/mol. The van der Waals surface area contributed by atoms with E-state index in [1.54, 1.807) is 6.20 Å². The third-order valence-electron chi connectivity index (χ3n) is 2.90. The predicted molar refractivity (Wildman–Crippen MR) is 103 cm³/mol. The van der Waals surface area contributed by atoms with Gasteiger partial charge in [-0.25, -0.2) is 9.98 Å². The Balaban J connectivity index is 0.00000441. The Morgan fingerprint density at radius 3 is 2.73 bits per heavy atom. The average Bonchev–Trinajstić information content (AvgIpc) is 2.46. The van der Waals surface area contributed by atoms with Crippen LogP contribution in [0.2, 0.25) is 0 Å². The van der Waals surface area contributed by atoms with Crippen LogP contribution >= 0.6 is 24.0 Å². The third-order valence-corrected chi connectivity index (χ3v) is 2.90. The summed E-state index contributed by atoms with van der Waals surface area (Å²) in [6, 6.07) is 3.91. The van der Waals surface area contributed by atoms with E-state index in [2.05, 4.69) is 41.4 Å². The molecule has 0 saturated heterocycles. The SMILES string of the molecule is CCNC(=NCc1cccnc1OCC)NCCC(C)C.I. The fraction of sp³-hybridized carbons (Fsp3) is 0.625. The lowest BCUT2D eigenvalue weighted by Crippen LogP contribution is -2.38. The Bertz CT molecular complexity index is 438. The normalized spacial score (nSPS) is 11.0. The van der Waals surface area contributed by atoms with Gasteiger partial charge in [0.15, 0.2) is 5.96 Å². The van der Waals surface area contributed by atoms with Gasteiger partial charge < -0.3 is 15.4 Å². The number of aromatic nitrogens is 1. The minimum Gasteiger partial charge on any atom is -0.478 e. The second-order valence-corrected chi connectivity index (χ2v) is 5.21. The van der Waals surface area contributed by atoms with E-state index in [0.717, 1.165) is 31.0 Å². The monoisotopic (exact) mass is 420 g/mol. The minimum absolute atomic E-state index is 0. The van der Waals surface area contributed by atoms with E-state index in [4.69, 9.17) is 4.74 Å². The molecule has 0 amide bonds. The number of pyridine rings is 1. The van der Waals surface area contributed by atoms with Crippen molar-refractivity contribution in [3.8, 4) is 5.88 Å². The molecule has 2 N–H and O–H groups in total. The Morgan fingerprint density at radius 1 is 1.32 bits per heavy atom. The highest BCUT2D eigenvalue weighted by molar-refractivity contribution is 14.0. The number of aliphatic imine (C=N–C) groups is 1. The van der Waals surface area contributed by atoms with Crippen LogP contribution < -0.4 is 15.4 Å². The molecule has 0 unspecified atom stereocenters. The Kier molecular flexibility index (Phi) is 11.9. The number of rotatable bonds is 8. The number of hydrogen-bond acceptors (Lipinski definition) is 3. The molecule has 1 aromatic rings. The lowest BCUT2D eigenvalue weighted by Gasteiger charge is -2.13. The van der Waals surface area contributed by atoms with Gasteiger partial charge in [-0.2, -0.15) is 0 Å². The van der Waals surface area contributed by atoms with Gasteiger partial charge in [0.2, 0.25) is 5.88 Å². The summed E-state index contributed by atoms with van der Waals surface area (Å²) < 4.78 is 5.52. The molecule has 6 heteroatoms. The molecule has 1 heterocycles. The van der Waals surface area contributed by atoms with Crippen molar-refractivity contribution in [1.29, 1.82) is 0 Å². The topological polar surface area (TPSA) is 58.5 Å². The summed E-state index contributed by atoms with van der Waals surface area (Å²) in [5, 5.41) is 6.61. The van der Waals surface area contributed by atoms with Gasteiger partial charge in [0.1, 0.15) is 0 Å². The fourth-order valence-corrected chi connectivity index (χ4v) is 1.80. The number of ether oxygens (including phenoxy) is 1. The Labute approximate surface area is 151 Å². The molecule has 0 aromatic carbocycles. The highest BCUT2D eigenvalue weighted by Crippen LogP contribution is 2.15. The first-order valence-corrected chi connectivity index (χ1v) is 7.76. The maximum absolute atomic E-state index is 5.52. The molecule has 22 heavy (non-hydrogen) atoms. The molecule has 0 bridgehead atoms. The van der Waals surface area contributed by atoms with Gasteiger partial charge in [-0.3, -0.25) is 0 Å². The number of halogens is 1. The van der Waals surface area contributed by atoms with Crippen LogP contribution in [0.4, 0.5) is 0 Å². The van der Waals surface area contributed by atoms with Crippen LogP contribution in [-0.2, 0) is 6.54 Å². The van der Waals surface area contributed by atoms with E-state index in [1.807, 2.05) is 19.1 Å². The Hall–Kier alpha value is -1.05. The summed E-state index contributed by atoms with van der Waals surface area (Å²) in [6.45, 7) is 11.4. The molecule has 1 rings (SSSR count). The van der Waals surface area contributed by atoms with Crippen LogP contribution in [0.1, 0.15) is 39.7 Å². The van der Waals surface area contributed by atoms with Crippen molar-refractivity contribution in [2.45, 2.75) is 40.7 Å². The van der Waals surface area contributed by atoms with E-state index in [9.17, 15) is 0 Å². The van der Waals surface area contributed by atoms with Gasteiger partial charge in [-0.05, 0) is 32.3 Å². The van der Waals surface area contributed by atoms with Gasteiger partial charge in [0, 0.05) is 24.8 Å². The van der Waals surface area contributed by atoms with Crippen molar-refractivity contribution in [2.24, 2.45) is 10.9 Å². The summed E-state index contributed by atoms with van der Waals surface area (Å²) in [5.41, 5.74) is 1.00. The van der Waals surface area contributed by atoms with Crippen LogP contribution in [0.15, 0.2) is 23.3 Å². The molecule has 1 aromatic heterocycles. The summed E-state index contributed by atoms with van der Waals surface area (Å²) in [7, 11) is 0. The van der Waals surface area contributed by atoms with Crippen molar-refractivity contribution >= 4 is 29.9 Å². The van der Waals surface area contributed by atoms with Crippen LogP contribution in [0.25, 0.3) is 0 Å². The Morgan fingerprint density at radius 2 is 2.09 bits per heavy atom. The standard InChI is InChI=1S/C16H28N4O.HI/c1-5-17-16(19-11-9-13(3)4)20-12-14-8-7-10-18-15(14)21-6-2;/h7-8,10,13H,5-6,9,11-12H2,1-4H3,(H2,17,19,20);1H. The highest BCUT2D eigenvalue weighted by atomic mass is 127. The lowest BCUT2D eigenvalue weighted by atomic mass is 10.1. The van der Waals surface area contributed by atoms with Crippen LogP contribution in [-0.4, -0.2) is 30.6 Å². The molecule has 0 saturated carbocycles. The van der Waals surface area contributed by atoms with E-state index < -0.39 is 0 Å². The first-order chi connectivity index (χ1) is 10.2. The third kappa shape index (κ3) is 8.41. The fourth-order valence-electron chi connectivity index (χ4n) is 1.80. The molecule has 0 aliphatic carbocycles. The lowest BCUT2D eigenvalue weighted by molar-refractivity contribution is 0.323. The minimum atomic E-state index is 0. The van der Waals surface area contributed by atoms with Crippen molar-refractivity contribution in [1.82, 2.24) is 15.6 Å². The van der Waals surface area contributed by atoms with Crippen molar-refractivity contribution in [2.75, 3.05) is 19.7 Å². The van der Waals surface area contributed by atoms with Crippen molar-refractivity contribution < 1.29 is 4.74 Å². The first-order valence-electron chi connectivity index (χ1n) is 7.76. The number of nitrogens with one attached hydrogen (secondary N) is 2. The molecule has 0 aliphatic heterocycles. The summed E-state index contributed by atoms with van der Waals surface area (Å²) in [4.78, 5) is 8.84. The maximum atomic E-state index is 5.52. The average molecular weight is 420 g/mol. The van der Waals surface area contributed by atoms with E-state index in [-0.39, 0.29) is 24.0 Å². The first kappa shape index (κ1) is 20.9. The second-order valence-electron chi connectivity index (χ2n) is 5.21. The molecule has 0 aliphatic rings.